The van der Waals surface area contributed by atoms with Crippen molar-refractivity contribution in [3.05, 3.63) is 0 Å². The Labute approximate surface area is 87.1 Å². The van der Waals surface area contributed by atoms with E-state index in [1.807, 2.05) is 0 Å². The highest BCUT2D eigenvalue weighted by Gasteiger charge is 2.42. The molecule has 0 bridgehead atoms. The monoisotopic (exact) mass is 245 g/mol. The van der Waals surface area contributed by atoms with Gasteiger partial charge in [-0.1, -0.05) is 6.42 Å². The van der Waals surface area contributed by atoms with Crippen molar-refractivity contribution in [1.82, 2.24) is 4.72 Å². The zero-order valence-electron chi connectivity index (χ0n) is 8.34. The van der Waals surface area contributed by atoms with Gasteiger partial charge in [0.1, 0.15) is 0 Å². The molecule has 0 spiro atoms. The van der Waals surface area contributed by atoms with Crippen molar-refractivity contribution in [1.29, 1.82) is 0 Å². The van der Waals surface area contributed by atoms with Gasteiger partial charge in [-0.15, -0.1) is 0 Å². The maximum atomic E-state index is 12.4. The van der Waals surface area contributed by atoms with Gasteiger partial charge >= 0.3 is 6.18 Å². The smallest absolute Gasteiger partial charge is 0.213 e. The molecule has 0 aromatic carbocycles. The average molecular weight is 245 g/mol. The van der Waals surface area contributed by atoms with Crippen LogP contribution < -0.4 is 4.72 Å². The molecule has 2 atom stereocenters. The molecule has 0 heterocycles. The van der Waals surface area contributed by atoms with Gasteiger partial charge < -0.3 is 0 Å². The topological polar surface area (TPSA) is 46.2 Å². The summed E-state index contributed by atoms with van der Waals surface area (Å²) in [5, 5.41) is 0. The predicted octanol–water partition coefficient (Wildman–Crippen LogP) is 1.66. The summed E-state index contributed by atoms with van der Waals surface area (Å²) in [5.41, 5.74) is 0. The number of hydrogen-bond donors (Lipinski definition) is 1. The van der Waals surface area contributed by atoms with Gasteiger partial charge in [-0.2, -0.15) is 13.2 Å². The first kappa shape index (κ1) is 12.8. The first-order chi connectivity index (χ1) is 6.68. The fourth-order valence-electron chi connectivity index (χ4n) is 1.90. The number of alkyl halides is 3. The first-order valence-corrected chi connectivity index (χ1v) is 6.61. The van der Waals surface area contributed by atoms with Crippen molar-refractivity contribution < 1.29 is 21.6 Å². The number of nitrogens with one attached hydrogen (secondary N) is 1. The lowest BCUT2D eigenvalue weighted by molar-refractivity contribution is -0.183. The van der Waals surface area contributed by atoms with Gasteiger partial charge in [-0.25, -0.2) is 13.1 Å². The van der Waals surface area contributed by atoms with Gasteiger partial charge in [0.15, 0.2) is 0 Å². The average Bonchev–Trinajstić information content (AvgIpc) is 1.99. The summed E-state index contributed by atoms with van der Waals surface area (Å²) in [6, 6.07) is -0.569. The van der Waals surface area contributed by atoms with Gasteiger partial charge in [0.2, 0.25) is 10.0 Å². The van der Waals surface area contributed by atoms with Crippen LogP contribution in [0.4, 0.5) is 13.2 Å². The van der Waals surface area contributed by atoms with E-state index < -0.39 is 28.2 Å². The standard InChI is InChI=1S/C8H14F3NO2S/c1-15(13,14)12-7-4-2-3-6(5-7)8(9,10)11/h6-7,12H,2-5H2,1H3. The van der Waals surface area contributed by atoms with E-state index in [1.54, 1.807) is 0 Å². The van der Waals surface area contributed by atoms with Gasteiger partial charge in [-0.05, 0) is 19.3 Å². The predicted molar refractivity (Wildman–Crippen MR) is 49.8 cm³/mol. The summed E-state index contributed by atoms with van der Waals surface area (Å²) in [6.45, 7) is 0. The third-order valence-electron chi connectivity index (χ3n) is 2.52. The quantitative estimate of drug-likeness (QED) is 0.804. The Kier molecular flexibility index (Phi) is 3.65. The van der Waals surface area contributed by atoms with Crippen LogP contribution in [0.5, 0.6) is 0 Å². The fourth-order valence-corrected chi connectivity index (χ4v) is 2.72. The fraction of sp³-hybridized carbons (Fsp3) is 1.00. The van der Waals surface area contributed by atoms with E-state index >= 15 is 0 Å². The maximum Gasteiger partial charge on any atom is 0.391 e. The number of hydrogen-bond acceptors (Lipinski definition) is 2. The van der Waals surface area contributed by atoms with E-state index in [0.717, 1.165) is 6.26 Å². The van der Waals surface area contributed by atoms with Crippen LogP contribution in [-0.4, -0.2) is 26.9 Å². The molecular weight excluding hydrogens is 231 g/mol. The van der Waals surface area contributed by atoms with Gasteiger partial charge in [0.25, 0.3) is 0 Å². The first-order valence-electron chi connectivity index (χ1n) is 4.72. The lowest BCUT2D eigenvalue weighted by atomic mass is 9.86. The minimum atomic E-state index is -4.21. The Morgan fingerprint density at radius 3 is 2.33 bits per heavy atom. The summed E-state index contributed by atoms with van der Waals surface area (Å²) >= 11 is 0. The van der Waals surface area contributed by atoms with E-state index in [4.69, 9.17) is 0 Å². The summed E-state index contributed by atoms with van der Waals surface area (Å²) in [6.07, 6.45) is -2.39. The Bertz CT molecular complexity index is 312. The van der Waals surface area contributed by atoms with Crippen molar-refractivity contribution in [2.45, 2.75) is 37.9 Å². The molecule has 1 aliphatic rings. The van der Waals surface area contributed by atoms with E-state index in [2.05, 4.69) is 4.72 Å². The summed E-state index contributed by atoms with van der Waals surface area (Å²) in [7, 11) is -3.41. The molecule has 1 rings (SSSR count). The molecule has 1 fully saturated rings. The highest BCUT2D eigenvalue weighted by Crippen LogP contribution is 2.37. The Balaban J connectivity index is 2.57. The minimum Gasteiger partial charge on any atom is -0.213 e. The molecule has 15 heavy (non-hydrogen) atoms. The number of rotatable bonds is 2. The van der Waals surface area contributed by atoms with Gasteiger partial charge in [-0.3, -0.25) is 0 Å². The molecule has 0 aliphatic heterocycles. The van der Waals surface area contributed by atoms with Crippen molar-refractivity contribution >= 4 is 10.0 Å². The van der Waals surface area contributed by atoms with Crippen molar-refractivity contribution in [3.8, 4) is 0 Å². The lowest BCUT2D eigenvalue weighted by Crippen LogP contribution is -2.41. The Hall–Kier alpha value is -0.300. The van der Waals surface area contributed by atoms with Crippen molar-refractivity contribution in [2.75, 3.05) is 6.26 Å². The Morgan fingerprint density at radius 1 is 1.27 bits per heavy atom. The van der Waals surface area contributed by atoms with Crippen LogP contribution in [0.1, 0.15) is 25.7 Å². The summed E-state index contributed by atoms with van der Waals surface area (Å²) in [5.74, 6) is -1.37. The Morgan fingerprint density at radius 2 is 1.87 bits per heavy atom. The van der Waals surface area contributed by atoms with Crippen LogP contribution >= 0.6 is 0 Å². The molecule has 0 aromatic heterocycles. The largest absolute Gasteiger partial charge is 0.391 e. The molecule has 1 saturated carbocycles. The van der Waals surface area contributed by atoms with Crippen LogP contribution in [0.3, 0.4) is 0 Å². The number of sulfonamides is 1. The van der Waals surface area contributed by atoms with Crippen molar-refractivity contribution in [3.63, 3.8) is 0 Å². The normalized spacial score (nSPS) is 29.1. The van der Waals surface area contributed by atoms with Crippen LogP contribution in [0.2, 0.25) is 0 Å². The zero-order chi connectivity index (χ0) is 11.7. The molecule has 0 aromatic rings. The van der Waals surface area contributed by atoms with E-state index in [0.29, 0.717) is 12.8 Å². The van der Waals surface area contributed by atoms with Crippen LogP contribution in [0, 0.1) is 5.92 Å². The molecule has 0 radical (unpaired) electrons. The highest BCUT2D eigenvalue weighted by atomic mass is 32.2. The molecule has 1 N–H and O–H groups in total. The molecule has 0 amide bonds. The number of halogens is 3. The third kappa shape index (κ3) is 4.38. The molecule has 3 nitrogen and oxygen atoms in total. The third-order valence-corrected chi connectivity index (χ3v) is 3.28. The SMILES string of the molecule is CS(=O)(=O)NC1CCCC(C(F)(F)F)C1. The lowest BCUT2D eigenvalue weighted by Gasteiger charge is -2.30. The molecule has 7 heteroatoms. The van der Waals surface area contributed by atoms with Crippen LogP contribution in [0.15, 0.2) is 0 Å². The second-order valence-electron chi connectivity index (χ2n) is 3.99. The molecule has 1 aliphatic carbocycles. The second-order valence-corrected chi connectivity index (χ2v) is 5.77. The van der Waals surface area contributed by atoms with Gasteiger partial charge in [0, 0.05) is 6.04 Å². The second kappa shape index (κ2) is 4.29. The van der Waals surface area contributed by atoms with E-state index in [9.17, 15) is 21.6 Å². The molecule has 2 unspecified atom stereocenters. The van der Waals surface area contributed by atoms with E-state index in [-0.39, 0.29) is 12.8 Å². The van der Waals surface area contributed by atoms with Crippen LogP contribution in [-0.2, 0) is 10.0 Å². The molecule has 0 saturated heterocycles. The summed E-state index contributed by atoms with van der Waals surface area (Å²) < 4.78 is 61.1. The van der Waals surface area contributed by atoms with Crippen molar-refractivity contribution in [2.24, 2.45) is 5.92 Å². The summed E-state index contributed by atoms with van der Waals surface area (Å²) in [4.78, 5) is 0. The van der Waals surface area contributed by atoms with Gasteiger partial charge in [0.05, 0.1) is 12.2 Å². The maximum absolute atomic E-state index is 12.4. The van der Waals surface area contributed by atoms with E-state index in [1.165, 1.54) is 0 Å². The molecular formula is C8H14F3NO2S. The zero-order valence-corrected chi connectivity index (χ0v) is 9.16. The molecule has 90 valence electrons. The minimum absolute atomic E-state index is 0.103. The van der Waals surface area contributed by atoms with Crippen LogP contribution in [0.25, 0.3) is 0 Å². The highest BCUT2D eigenvalue weighted by molar-refractivity contribution is 7.88.